The predicted molar refractivity (Wildman–Crippen MR) is 124 cm³/mol. The molecule has 0 saturated carbocycles. The summed E-state index contributed by atoms with van der Waals surface area (Å²) < 4.78 is 27.7. The molecule has 0 aromatic heterocycles. The number of nitrogens with one attached hydrogen (secondary N) is 1. The highest BCUT2D eigenvalue weighted by Crippen LogP contribution is 2.31. The van der Waals surface area contributed by atoms with Crippen LogP contribution in [-0.2, 0) is 21.2 Å². The fourth-order valence-electron chi connectivity index (χ4n) is 4.68. The maximum absolute atomic E-state index is 13.1. The number of anilines is 2. The van der Waals surface area contributed by atoms with Crippen LogP contribution in [-0.4, -0.2) is 44.8 Å². The molecular formula is C24H31N3O3S. The van der Waals surface area contributed by atoms with E-state index in [1.165, 1.54) is 15.6 Å². The molecule has 0 spiro atoms. The molecule has 4 rings (SSSR count). The summed E-state index contributed by atoms with van der Waals surface area (Å²) in [4.78, 5) is 15.5. The van der Waals surface area contributed by atoms with Crippen LogP contribution in [0.1, 0.15) is 36.5 Å². The number of fused-ring (bicyclic) bond motifs is 1. The number of benzene rings is 2. The largest absolute Gasteiger partial charge is 0.371 e. The summed E-state index contributed by atoms with van der Waals surface area (Å²) in [7, 11) is -3.54. The molecule has 2 aromatic rings. The van der Waals surface area contributed by atoms with Crippen molar-refractivity contribution >= 4 is 27.3 Å². The van der Waals surface area contributed by atoms with Crippen molar-refractivity contribution in [2.24, 2.45) is 5.92 Å². The third kappa shape index (κ3) is 4.34. The van der Waals surface area contributed by atoms with Gasteiger partial charge in [0.1, 0.15) is 0 Å². The lowest BCUT2D eigenvalue weighted by Crippen LogP contribution is -2.41. The highest BCUT2D eigenvalue weighted by Gasteiger charge is 2.33. The molecule has 31 heavy (non-hydrogen) atoms. The van der Waals surface area contributed by atoms with Crippen LogP contribution in [0.5, 0.6) is 0 Å². The number of hydrogen-bond donors (Lipinski definition) is 1. The molecule has 0 bridgehead atoms. The first-order chi connectivity index (χ1) is 14.8. The summed E-state index contributed by atoms with van der Waals surface area (Å²) in [5, 5.41) is 3.05. The summed E-state index contributed by atoms with van der Waals surface area (Å²) >= 11 is 0. The van der Waals surface area contributed by atoms with Gasteiger partial charge in [0.2, 0.25) is 15.9 Å². The molecule has 6 nitrogen and oxygen atoms in total. The van der Waals surface area contributed by atoms with Gasteiger partial charge in [-0.15, -0.1) is 0 Å². The number of rotatable bonds is 5. The Morgan fingerprint density at radius 3 is 2.48 bits per heavy atom. The molecule has 1 amide bonds. The van der Waals surface area contributed by atoms with Crippen molar-refractivity contribution in [2.45, 2.75) is 44.9 Å². The molecule has 0 radical (unpaired) electrons. The number of likely N-dealkylation sites (N-methyl/N-ethyl adjacent to an activating group) is 1. The van der Waals surface area contributed by atoms with Crippen LogP contribution in [0.15, 0.2) is 41.3 Å². The van der Waals surface area contributed by atoms with Crippen molar-refractivity contribution in [3.05, 3.63) is 53.1 Å². The molecule has 1 saturated heterocycles. The van der Waals surface area contributed by atoms with Gasteiger partial charge in [0.25, 0.3) is 0 Å². The highest BCUT2D eigenvalue weighted by molar-refractivity contribution is 7.89. The minimum atomic E-state index is -3.54. The molecule has 2 aliphatic rings. The molecule has 0 atom stereocenters. The van der Waals surface area contributed by atoms with Crippen molar-refractivity contribution < 1.29 is 13.2 Å². The molecule has 2 heterocycles. The van der Waals surface area contributed by atoms with Gasteiger partial charge in [0.15, 0.2) is 0 Å². The number of hydrogen-bond acceptors (Lipinski definition) is 4. The van der Waals surface area contributed by atoms with E-state index in [-0.39, 0.29) is 11.8 Å². The Labute approximate surface area is 185 Å². The number of amides is 1. The van der Waals surface area contributed by atoms with E-state index in [1.807, 2.05) is 32.0 Å². The van der Waals surface area contributed by atoms with Crippen LogP contribution in [0, 0.1) is 19.8 Å². The molecule has 1 N–H and O–H groups in total. The molecule has 0 aliphatic carbocycles. The lowest BCUT2D eigenvalue weighted by Gasteiger charge is -2.31. The average molecular weight is 442 g/mol. The summed E-state index contributed by atoms with van der Waals surface area (Å²) in [5.74, 6) is -0.203. The zero-order valence-electron chi connectivity index (χ0n) is 18.5. The van der Waals surface area contributed by atoms with Crippen LogP contribution in [0.4, 0.5) is 11.4 Å². The van der Waals surface area contributed by atoms with Gasteiger partial charge in [-0.25, -0.2) is 8.42 Å². The fourth-order valence-corrected chi connectivity index (χ4v) is 6.36. The van der Waals surface area contributed by atoms with Crippen molar-refractivity contribution in [3.8, 4) is 0 Å². The van der Waals surface area contributed by atoms with E-state index in [4.69, 9.17) is 0 Å². The average Bonchev–Trinajstić information content (AvgIpc) is 3.16. The van der Waals surface area contributed by atoms with Gasteiger partial charge in [-0.05, 0) is 69.4 Å². The van der Waals surface area contributed by atoms with E-state index in [2.05, 4.69) is 29.3 Å². The fraction of sp³-hybridized carbons (Fsp3) is 0.458. The molecular weight excluding hydrogens is 410 g/mol. The topological polar surface area (TPSA) is 69.7 Å². The molecule has 2 aliphatic heterocycles. The zero-order valence-corrected chi connectivity index (χ0v) is 19.3. The van der Waals surface area contributed by atoms with Gasteiger partial charge >= 0.3 is 0 Å². The number of carbonyl (C=O) groups excluding carboxylic acids is 1. The molecule has 1 fully saturated rings. The summed E-state index contributed by atoms with van der Waals surface area (Å²) in [6.45, 7) is 8.63. The standard InChI is InChI=1S/C24H31N3O3S/c1-4-26-12-9-19-6-7-21(16-22(19)26)25-24(28)20-10-13-27(14-11-20)31(29,30)23-8-5-17(2)15-18(23)3/h5-8,15-16,20H,4,9-14H2,1-3H3,(H,25,28). The Morgan fingerprint density at radius 2 is 1.81 bits per heavy atom. The second-order valence-corrected chi connectivity index (χ2v) is 10.5. The van der Waals surface area contributed by atoms with E-state index in [9.17, 15) is 13.2 Å². The first-order valence-corrected chi connectivity index (χ1v) is 12.5. The van der Waals surface area contributed by atoms with Crippen LogP contribution in [0.25, 0.3) is 0 Å². The number of sulfonamides is 1. The number of nitrogens with zero attached hydrogens (tertiary/aromatic N) is 2. The van der Waals surface area contributed by atoms with E-state index in [0.29, 0.717) is 30.8 Å². The second kappa shape index (κ2) is 8.63. The van der Waals surface area contributed by atoms with Gasteiger partial charge < -0.3 is 10.2 Å². The summed E-state index contributed by atoms with van der Waals surface area (Å²) in [6, 6.07) is 11.5. The van der Waals surface area contributed by atoms with E-state index < -0.39 is 10.0 Å². The molecule has 2 aromatic carbocycles. The SMILES string of the molecule is CCN1CCc2ccc(NC(=O)C3CCN(S(=O)(=O)c4ccc(C)cc4C)CC3)cc21. The van der Waals surface area contributed by atoms with Gasteiger partial charge in [-0.2, -0.15) is 4.31 Å². The van der Waals surface area contributed by atoms with Crippen LogP contribution < -0.4 is 10.2 Å². The Hall–Kier alpha value is -2.38. The lowest BCUT2D eigenvalue weighted by molar-refractivity contribution is -0.120. The quantitative estimate of drug-likeness (QED) is 0.768. The van der Waals surface area contributed by atoms with E-state index >= 15 is 0 Å². The normalized spacial score (nSPS) is 17.6. The van der Waals surface area contributed by atoms with E-state index in [1.54, 1.807) is 6.07 Å². The highest BCUT2D eigenvalue weighted by atomic mass is 32.2. The lowest BCUT2D eigenvalue weighted by atomic mass is 9.97. The van der Waals surface area contributed by atoms with Crippen molar-refractivity contribution in [1.29, 1.82) is 0 Å². The third-order valence-electron chi connectivity index (χ3n) is 6.50. The van der Waals surface area contributed by atoms with Gasteiger partial charge in [0, 0.05) is 43.5 Å². The number of carbonyl (C=O) groups is 1. The molecule has 166 valence electrons. The summed E-state index contributed by atoms with van der Waals surface area (Å²) in [5.41, 5.74) is 5.15. The van der Waals surface area contributed by atoms with Crippen LogP contribution in [0.2, 0.25) is 0 Å². The Morgan fingerprint density at radius 1 is 1.06 bits per heavy atom. The zero-order chi connectivity index (χ0) is 22.2. The first-order valence-electron chi connectivity index (χ1n) is 11.1. The van der Waals surface area contributed by atoms with Crippen LogP contribution >= 0.6 is 0 Å². The first kappa shape index (κ1) is 21.8. The molecule has 0 unspecified atom stereocenters. The maximum Gasteiger partial charge on any atom is 0.243 e. The van der Waals surface area contributed by atoms with Gasteiger partial charge in [-0.3, -0.25) is 4.79 Å². The maximum atomic E-state index is 13.1. The molecule has 7 heteroatoms. The van der Waals surface area contributed by atoms with Crippen molar-refractivity contribution in [2.75, 3.05) is 36.4 Å². The Bertz CT molecular complexity index is 1090. The van der Waals surface area contributed by atoms with E-state index in [0.717, 1.165) is 36.3 Å². The number of aryl methyl sites for hydroxylation is 2. The minimum absolute atomic E-state index is 0.0236. The minimum Gasteiger partial charge on any atom is -0.371 e. The Kier molecular flexibility index (Phi) is 6.08. The smallest absolute Gasteiger partial charge is 0.243 e. The second-order valence-electron chi connectivity index (χ2n) is 8.61. The van der Waals surface area contributed by atoms with Gasteiger partial charge in [-0.1, -0.05) is 23.8 Å². The monoisotopic (exact) mass is 441 g/mol. The van der Waals surface area contributed by atoms with Gasteiger partial charge in [0.05, 0.1) is 4.90 Å². The van der Waals surface area contributed by atoms with Crippen LogP contribution in [0.3, 0.4) is 0 Å². The number of piperidine rings is 1. The Balaban J connectivity index is 1.39. The van der Waals surface area contributed by atoms with Crippen molar-refractivity contribution in [3.63, 3.8) is 0 Å². The third-order valence-corrected chi connectivity index (χ3v) is 8.56. The van der Waals surface area contributed by atoms with Crippen molar-refractivity contribution in [1.82, 2.24) is 4.31 Å². The summed E-state index contributed by atoms with van der Waals surface area (Å²) in [6.07, 6.45) is 2.11. The predicted octanol–water partition coefficient (Wildman–Crippen LogP) is 3.73.